The van der Waals surface area contributed by atoms with Crippen molar-refractivity contribution in [2.24, 2.45) is 0 Å². The first kappa shape index (κ1) is 25.0. The van der Waals surface area contributed by atoms with E-state index >= 15 is 0 Å². The highest BCUT2D eigenvalue weighted by atomic mass is 32.2. The van der Waals surface area contributed by atoms with E-state index < -0.39 is 10.0 Å². The van der Waals surface area contributed by atoms with Crippen molar-refractivity contribution in [1.29, 1.82) is 0 Å². The fourth-order valence-electron chi connectivity index (χ4n) is 3.70. The van der Waals surface area contributed by atoms with E-state index in [1.54, 1.807) is 18.2 Å². The van der Waals surface area contributed by atoms with Crippen molar-refractivity contribution >= 4 is 27.3 Å². The van der Waals surface area contributed by atoms with Gasteiger partial charge in [-0.1, -0.05) is 18.2 Å². The molecule has 2 aromatic carbocycles. The molecule has 0 radical (unpaired) electrons. The quantitative estimate of drug-likeness (QED) is 0.502. The molecule has 33 heavy (non-hydrogen) atoms. The summed E-state index contributed by atoms with van der Waals surface area (Å²) in [5.74, 6) is 0.587. The van der Waals surface area contributed by atoms with Gasteiger partial charge in [-0.05, 0) is 50.6 Å². The third-order valence-corrected chi connectivity index (χ3v) is 7.41. The van der Waals surface area contributed by atoms with Crippen molar-refractivity contribution in [3.63, 3.8) is 0 Å². The second-order valence-corrected chi connectivity index (χ2v) is 9.62. The van der Waals surface area contributed by atoms with Crippen molar-refractivity contribution in [2.45, 2.75) is 31.6 Å². The molecule has 0 aromatic heterocycles. The average molecular weight is 476 g/mol. The smallest absolute Gasteiger partial charge is 0.243 e. The van der Waals surface area contributed by atoms with Gasteiger partial charge < -0.3 is 19.7 Å². The van der Waals surface area contributed by atoms with Crippen molar-refractivity contribution < 1.29 is 22.7 Å². The molecule has 1 fully saturated rings. The molecule has 0 bridgehead atoms. The summed E-state index contributed by atoms with van der Waals surface area (Å²) in [6.07, 6.45) is 0.818. The lowest BCUT2D eigenvalue weighted by atomic mass is 10.2. The van der Waals surface area contributed by atoms with Crippen LogP contribution in [0.2, 0.25) is 0 Å². The minimum atomic E-state index is -3.66. The van der Waals surface area contributed by atoms with Crippen LogP contribution in [0.3, 0.4) is 0 Å². The van der Waals surface area contributed by atoms with E-state index in [-0.39, 0.29) is 17.2 Å². The molecule has 0 atom stereocenters. The van der Waals surface area contributed by atoms with Crippen LogP contribution in [0.25, 0.3) is 0 Å². The first-order chi connectivity index (χ1) is 16.0. The molecule has 0 unspecified atom stereocenters. The first-order valence-corrected chi connectivity index (χ1v) is 12.8. The second-order valence-electron chi connectivity index (χ2n) is 7.68. The summed E-state index contributed by atoms with van der Waals surface area (Å²) in [6, 6.07) is 14.4. The predicted octanol–water partition coefficient (Wildman–Crippen LogP) is 3.35. The number of nitrogens with one attached hydrogen (secondary N) is 1. The maximum Gasteiger partial charge on any atom is 0.243 e. The number of carbonyl (C=O) groups excluding carboxylic acids is 1. The molecular formula is C24H33N3O5S. The number of hydrogen-bond donors (Lipinski definition) is 1. The van der Waals surface area contributed by atoms with Crippen molar-refractivity contribution in [2.75, 3.05) is 56.2 Å². The normalized spacial score (nSPS) is 14.6. The first-order valence-electron chi connectivity index (χ1n) is 11.4. The van der Waals surface area contributed by atoms with Gasteiger partial charge in [0.15, 0.2) is 0 Å². The number of rotatable bonds is 11. The largest absolute Gasteiger partial charge is 0.494 e. The van der Waals surface area contributed by atoms with E-state index in [1.807, 2.05) is 44.2 Å². The average Bonchev–Trinajstić information content (AvgIpc) is 2.84. The summed E-state index contributed by atoms with van der Waals surface area (Å²) in [7, 11) is -3.66. The molecule has 1 aliphatic rings. The highest BCUT2D eigenvalue weighted by Crippen LogP contribution is 2.30. The van der Waals surface area contributed by atoms with Crippen LogP contribution in [-0.4, -0.2) is 64.6 Å². The minimum Gasteiger partial charge on any atom is -0.494 e. The molecule has 1 heterocycles. The number of benzene rings is 2. The zero-order chi connectivity index (χ0) is 23.7. The molecular weight excluding hydrogens is 442 g/mol. The maximum atomic E-state index is 13.1. The lowest BCUT2D eigenvalue weighted by molar-refractivity contribution is -0.116. The molecule has 1 N–H and O–H groups in total. The van der Waals surface area contributed by atoms with Crippen LogP contribution in [0, 0.1) is 0 Å². The van der Waals surface area contributed by atoms with Gasteiger partial charge in [0, 0.05) is 32.6 Å². The van der Waals surface area contributed by atoms with E-state index in [4.69, 9.17) is 9.47 Å². The summed E-state index contributed by atoms with van der Waals surface area (Å²) >= 11 is 0. The molecule has 0 saturated carbocycles. The van der Waals surface area contributed by atoms with E-state index in [0.29, 0.717) is 45.0 Å². The van der Waals surface area contributed by atoms with Crippen LogP contribution in [0.4, 0.5) is 11.4 Å². The SMILES string of the molecule is CCN(CC)c1ccc(S(=O)(=O)N2CCOCC2)cc1NC(=O)CCCOc1ccccc1. The van der Waals surface area contributed by atoms with Crippen molar-refractivity contribution in [3.8, 4) is 5.75 Å². The fourth-order valence-corrected chi connectivity index (χ4v) is 5.14. The second kappa shape index (κ2) is 12.0. The summed E-state index contributed by atoms with van der Waals surface area (Å²) in [6.45, 7) is 7.34. The maximum absolute atomic E-state index is 13.1. The number of anilines is 2. The third-order valence-electron chi connectivity index (χ3n) is 5.51. The Bertz CT molecular complexity index is 1000. The monoisotopic (exact) mass is 475 g/mol. The Kier molecular flexibility index (Phi) is 9.11. The molecule has 180 valence electrons. The number of para-hydroxylation sites is 1. The lowest BCUT2D eigenvalue weighted by Gasteiger charge is -2.28. The van der Waals surface area contributed by atoms with Crippen LogP contribution in [0.1, 0.15) is 26.7 Å². The highest BCUT2D eigenvalue weighted by molar-refractivity contribution is 7.89. The number of ether oxygens (including phenoxy) is 2. The van der Waals surface area contributed by atoms with Gasteiger partial charge in [-0.25, -0.2) is 8.42 Å². The number of morpholine rings is 1. The van der Waals surface area contributed by atoms with Gasteiger partial charge in [0.25, 0.3) is 0 Å². The zero-order valence-corrected chi connectivity index (χ0v) is 20.1. The summed E-state index contributed by atoms with van der Waals surface area (Å²) in [5, 5.41) is 2.93. The number of hydrogen-bond acceptors (Lipinski definition) is 6. The Balaban J connectivity index is 1.71. The molecule has 2 aromatic rings. The summed E-state index contributed by atoms with van der Waals surface area (Å²) in [4.78, 5) is 14.9. The van der Waals surface area contributed by atoms with Crippen LogP contribution < -0.4 is 15.0 Å². The number of sulfonamides is 1. The van der Waals surface area contributed by atoms with Gasteiger partial charge >= 0.3 is 0 Å². The molecule has 8 nitrogen and oxygen atoms in total. The molecule has 1 aliphatic heterocycles. The summed E-state index contributed by atoms with van der Waals surface area (Å²) in [5.41, 5.74) is 1.30. The Morgan fingerprint density at radius 3 is 2.45 bits per heavy atom. The predicted molar refractivity (Wildman–Crippen MR) is 129 cm³/mol. The Hall–Kier alpha value is -2.62. The van der Waals surface area contributed by atoms with E-state index in [1.165, 1.54) is 4.31 Å². The van der Waals surface area contributed by atoms with Crippen LogP contribution >= 0.6 is 0 Å². The van der Waals surface area contributed by atoms with E-state index in [2.05, 4.69) is 10.2 Å². The van der Waals surface area contributed by atoms with Gasteiger partial charge in [0.1, 0.15) is 5.75 Å². The van der Waals surface area contributed by atoms with E-state index in [9.17, 15) is 13.2 Å². The third kappa shape index (κ3) is 6.69. The zero-order valence-electron chi connectivity index (χ0n) is 19.3. The van der Waals surface area contributed by atoms with Gasteiger partial charge in [-0.2, -0.15) is 4.31 Å². The lowest BCUT2D eigenvalue weighted by Crippen LogP contribution is -2.40. The minimum absolute atomic E-state index is 0.169. The Morgan fingerprint density at radius 1 is 1.09 bits per heavy atom. The van der Waals surface area contributed by atoms with Crippen LogP contribution in [0.5, 0.6) is 5.75 Å². The molecule has 3 rings (SSSR count). The van der Waals surface area contributed by atoms with Gasteiger partial charge in [-0.3, -0.25) is 4.79 Å². The Labute approximate surface area is 196 Å². The molecule has 1 saturated heterocycles. The number of amides is 1. The van der Waals surface area contributed by atoms with Crippen LogP contribution in [-0.2, 0) is 19.6 Å². The topological polar surface area (TPSA) is 88.2 Å². The fraction of sp³-hybridized carbons (Fsp3) is 0.458. The standard InChI is InChI=1S/C24H33N3O5S/c1-3-26(4-2)23-13-12-21(33(29,30)27-14-17-31-18-15-27)19-22(23)25-24(28)11-8-16-32-20-9-6-5-7-10-20/h5-7,9-10,12-13,19H,3-4,8,11,14-18H2,1-2H3,(H,25,28). The highest BCUT2D eigenvalue weighted by Gasteiger charge is 2.27. The van der Waals surface area contributed by atoms with E-state index in [0.717, 1.165) is 24.5 Å². The number of nitrogens with zero attached hydrogens (tertiary/aromatic N) is 2. The van der Waals surface area contributed by atoms with Crippen LogP contribution in [0.15, 0.2) is 53.4 Å². The van der Waals surface area contributed by atoms with Crippen molar-refractivity contribution in [3.05, 3.63) is 48.5 Å². The van der Waals surface area contributed by atoms with Gasteiger partial charge in [0.05, 0.1) is 36.1 Å². The number of carbonyl (C=O) groups is 1. The molecule has 0 aliphatic carbocycles. The van der Waals surface area contributed by atoms with Gasteiger partial charge in [0.2, 0.25) is 15.9 Å². The molecule has 1 amide bonds. The van der Waals surface area contributed by atoms with Crippen molar-refractivity contribution in [1.82, 2.24) is 4.31 Å². The summed E-state index contributed by atoms with van der Waals surface area (Å²) < 4.78 is 38.6. The molecule has 0 spiro atoms. The molecule has 9 heteroatoms. The van der Waals surface area contributed by atoms with Gasteiger partial charge in [-0.15, -0.1) is 0 Å². The Morgan fingerprint density at radius 2 is 1.79 bits per heavy atom.